The van der Waals surface area contributed by atoms with Gasteiger partial charge in [0.15, 0.2) is 0 Å². The van der Waals surface area contributed by atoms with Gasteiger partial charge in [0.05, 0.1) is 11.1 Å². The Morgan fingerprint density at radius 3 is 2.43 bits per heavy atom. The quantitative estimate of drug-likeness (QED) is 0.760. The Bertz CT molecular complexity index is 656. The Hall–Kier alpha value is -1.23. The molecule has 0 aliphatic carbocycles. The minimum atomic E-state index is -0.253. The van der Waals surface area contributed by atoms with Gasteiger partial charge in [-0.2, -0.15) is 0 Å². The highest BCUT2D eigenvalue weighted by Gasteiger charge is 2.10. The fourth-order valence-electron chi connectivity index (χ4n) is 1.74. The van der Waals surface area contributed by atoms with Gasteiger partial charge in [-0.15, -0.1) is 0 Å². The van der Waals surface area contributed by atoms with Gasteiger partial charge >= 0.3 is 0 Å². The molecule has 2 aromatic carbocycles. The minimum Gasteiger partial charge on any atom is -0.493 e. The van der Waals surface area contributed by atoms with Crippen molar-refractivity contribution in [3.05, 3.63) is 56.5 Å². The number of carbonyl (C=O) groups is 1. The zero-order chi connectivity index (χ0) is 15.4. The summed E-state index contributed by atoms with van der Waals surface area (Å²) in [5.74, 6) is 0.442. The lowest BCUT2D eigenvalue weighted by atomic mass is 10.2. The van der Waals surface area contributed by atoms with Gasteiger partial charge < -0.3 is 10.1 Å². The molecular weight excluding hydrogens is 377 g/mol. The Morgan fingerprint density at radius 1 is 1.19 bits per heavy atom. The normalized spacial score (nSPS) is 10.3. The number of amides is 1. The monoisotopic (exact) mass is 387 g/mol. The van der Waals surface area contributed by atoms with Crippen LogP contribution in [0, 0.1) is 0 Å². The molecule has 0 fully saturated rings. The van der Waals surface area contributed by atoms with Crippen LogP contribution < -0.4 is 10.1 Å². The molecule has 0 saturated heterocycles. The number of carbonyl (C=O) groups excluding carboxylic acids is 1. The van der Waals surface area contributed by atoms with Gasteiger partial charge in [0.25, 0.3) is 5.91 Å². The van der Waals surface area contributed by atoms with E-state index in [1.54, 1.807) is 36.4 Å². The van der Waals surface area contributed by atoms with E-state index in [4.69, 9.17) is 27.9 Å². The number of rotatable bonds is 4. The van der Waals surface area contributed by atoms with Crippen LogP contribution in [0.25, 0.3) is 0 Å². The smallest absolute Gasteiger partial charge is 0.255 e. The van der Waals surface area contributed by atoms with Crippen LogP contribution in [-0.2, 0) is 0 Å². The third kappa shape index (κ3) is 4.37. The fourth-order valence-corrected chi connectivity index (χ4v) is 2.76. The van der Waals surface area contributed by atoms with Crippen LogP contribution in [0.1, 0.15) is 17.3 Å². The number of anilines is 1. The van der Waals surface area contributed by atoms with Gasteiger partial charge in [-0.05, 0) is 59.3 Å². The van der Waals surface area contributed by atoms with E-state index in [2.05, 4.69) is 21.2 Å². The molecule has 0 saturated carbocycles. The summed E-state index contributed by atoms with van der Waals surface area (Å²) in [5, 5.41) is 3.68. The summed E-state index contributed by atoms with van der Waals surface area (Å²) in [5.41, 5.74) is 1.05. The molecule has 110 valence electrons. The Labute approximate surface area is 141 Å². The second kappa shape index (κ2) is 7.16. The number of hydrogen-bond acceptors (Lipinski definition) is 2. The first-order valence-corrected chi connectivity index (χ1v) is 7.74. The molecule has 0 heterocycles. The van der Waals surface area contributed by atoms with Gasteiger partial charge in [-0.25, -0.2) is 0 Å². The van der Waals surface area contributed by atoms with E-state index < -0.39 is 0 Å². The van der Waals surface area contributed by atoms with Crippen molar-refractivity contribution in [1.82, 2.24) is 0 Å². The highest BCUT2D eigenvalue weighted by Crippen LogP contribution is 2.27. The summed E-state index contributed by atoms with van der Waals surface area (Å²) >= 11 is 15.2. The van der Waals surface area contributed by atoms with Gasteiger partial charge in [0.1, 0.15) is 5.75 Å². The predicted octanol–water partition coefficient (Wildman–Crippen LogP) is 5.41. The van der Waals surface area contributed by atoms with E-state index in [1.807, 2.05) is 6.92 Å². The highest BCUT2D eigenvalue weighted by molar-refractivity contribution is 9.10. The molecule has 0 radical (unpaired) electrons. The van der Waals surface area contributed by atoms with Crippen molar-refractivity contribution >= 4 is 50.7 Å². The van der Waals surface area contributed by atoms with Crippen LogP contribution in [0.2, 0.25) is 10.0 Å². The third-order valence-corrected chi connectivity index (χ3v) is 3.67. The first-order valence-electron chi connectivity index (χ1n) is 6.19. The van der Waals surface area contributed by atoms with E-state index in [0.29, 0.717) is 33.7 Å². The summed E-state index contributed by atoms with van der Waals surface area (Å²) < 4.78 is 6.13. The molecule has 6 heteroatoms. The molecule has 1 amide bonds. The Balaban J connectivity index is 2.18. The van der Waals surface area contributed by atoms with Gasteiger partial charge in [0.2, 0.25) is 0 Å². The van der Waals surface area contributed by atoms with Crippen molar-refractivity contribution < 1.29 is 9.53 Å². The zero-order valence-electron chi connectivity index (χ0n) is 11.1. The molecule has 3 nitrogen and oxygen atoms in total. The van der Waals surface area contributed by atoms with Gasteiger partial charge in [-0.3, -0.25) is 4.79 Å². The third-order valence-electron chi connectivity index (χ3n) is 2.61. The average Bonchev–Trinajstić information content (AvgIpc) is 2.40. The van der Waals surface area contributed by atoms with Crippen LogP contribution in [-0.4, -0.2) is 12.5 Å². The Morgan fingerprint density at radius 2 is 1.86 bits per heavy atom. The summed E-state index contributed by atoms with van der Waals surface area (Å²) in [6.07, 6.45) is 0. The van der Waals surface area contributed by atoms with Gasteiger partial charge in [0, 0.05) is 21.3 Å². The number of benzene rings is 2. The number of ether oxygens (including phenoxy) is 1. The molecule has 0 aromatic heterocycles. The van der Waals surface area contributed by atoms with Crippen LogP contribution >= 0.6 is 39.1 Å². The summed E-state index contributed by atoms with van der Waals surface area (Å²) in [7, 11) is 0. The summed E-state index contributed by atoms with van der Waals surface area (Å²) in [6.45, 7) is 2.46. The molecule has 0 aliphatic heterocycles. The van der Waals surface area contributed by atoms with E-state index in [1.165, 1.54) is 0 Å². The maximum absolute atomic E-state index is 12.2. The van der Waals surface area contributed by atoms with Crippen molar-refractivity contribution in [3.63, 3.8) is 0 Å². The first-order chi connectivity index (χ1) is 9.99. The second-order valence-corrected chi connectivity index (χ2v) is 5.92. The second-order valence-electron chi connectivity index (χ2n) is 4.19. The van der Waals surface area contributed by atoms with Crippen molar-refractivity contribution in [2.75, 3.05) is 11.9 Å². The summed E-state index contributed by atoms with van der Waals surface area (Å²) in [4.78, 5) is 12.2. The van der Waals surface area contributed by atoms with Crippen molar-refractivity contribution in [2.45, 2.75) is 6.92 Å². The fraction of sp³-hybridized carbons (Fsp3) is 0.133. The van der Waals surface area contributed by atoms with Crippen LogP contribution in [0.15, 0.2) is 40.9 Å². The van der Waals surface area contributed by atoms with E-state index >= 15 is 0 Å². The predicted molar refractivity (Wildman–Crippen MR) is 89.7 cm³/mol. The number of hydrogen-bond donors (Lipinski definition) is 1. The van der Waals surface area contributed by atoms with Crippen LogP contribution in [0.3, 0.4) is 0 Å². The van der Waals surface area contributed by atoms with Crippen LogP contribution in [0.5, 0.6) is 5.75 Å². The van der Waals surface area contributed by atoms with E-state index in [-0.39, 0.29) is 5.91 Å². The molecule has 0 aliphatic rings. The van der Waals surface area contributed by atoms with Crippen molar-refractivity contribution in [1.29, 1.82) is 0 Å². The zero-order valence-corrected chi connectivity index (χ0v) is 14.2. The van der Waals surface area contributed by atoms with Crippen molar-refractivity contribution in [3.8, 4) is 5.75 Å². The lowest BCUT2D eigenvalue weighted by Crippen LogP contribution is -2.12. The molecule has 0 unspecified atom stereocenters. The Kier molecular flexibility index (Phi) is 5.51. The lowest BCUT2D eigenvalue weighted by molar-refractivity contribution is 0.102. The maximum Gasteiger partial charge on any atom is 0.255 e. The largest absolute Gasteiger partial charge is 0.493 e. The molecule has 2 rings (SSSR count). The molecule has 21 heavy (non-hydrogen) atoms. The number of halogens is 3. The summed E-state index contributed by atoms with van der Waals surface area (Å²) in [6, 6.07) is 10.0. The first kappa shape index (κ1) is 16.1. The maximum atomic E-state index is 12.2. The lowest BCUT2D eigenvalue weighted by Gasteiger charge is -2.09. The van der Waals surface area contributed by atoms with Crippen LogP contribution in [0.4, 0.5) is 5.69 Å². The molecule has 0 bridgehead atoms. The average molecular weight is 389 g/mol. The topological polar surface area (TPSA) is 38.3 Å². The minimum absolute atomic E-state index is 0.253. The molecule has 1 N–H and O–H groups in total. The highest BCUT2D eigenvalue weighted by atomic mass is 79.9. The standard InChI is InChI=1S/C15H12BrCl2NO2/c1-2-21-14-4-3-9(5-13(14)16)15(20)19-12-7-10(17)6-11(18)8-12/h3-8H,2H2,1H3,(H,19,20). The van der Waals surface area contributed by atoms with E-state index in [9.17, 15) is 4.79 Å². The van der Waals surface area contributed by atoms with Crippen molar-refractivity contribution in [2.24, 2.45) is 0 Å². The molecular formula is C15H12BrCl2NO2. The van der Waals surface area contributed by atoms with E-state index in [0.717, 1.165) is 4.47 Å². The molecule has 0 spiro atoms. The van der Waals surface area contributed by atoms with Gasteiger partial charge in [-0.1, -0.05) is 23.2 Å². The number of nitrogens with one attached hydrogen (secondary N) is 1. The molecule has 2 aromatic rings. The SMILES string of the molecule is CCOc1ccc(C(=O)Nc2cc(Cl)cc(Cl)c2)cc1Br. The molecule has 0 atom stereocenters.